The molecule has 0 atom stereocenters. The Balaban J connectivity index is 2.70. The van der Waals surface area contributed by atoms with Crippen molar-refractivity contribution in [3.8, 4) is 0 Å². The summed E-state index contributed by atoms with van der Waals surface area (Å²) in [5.41, 5.74) is 2.16. The summed E-state index contributed by atoms with van der Waals surface area (Å²) in [6.45, 7) is 7.76. The fraction of sp³-hybridized carbons (Fsp3) is 0.467. The van der Waals surface area contributed by atoms with E-state index in [1.54, 1.807) is 13.8 Å². The number of carbonyl (C=O) groups is 2. The maximum Gasteiger partial charge on any atom is 0.203 e. The predicted molar refractivity (Wildman–Crippen MR) is 69.1 cm³/mol. The first-order valence-corrected chi connectivity index (χ1v) is 6.07. The van der Waals surface area contributed by atoms with Crippen LogP contribution in [0.5, 0.6) is 0 Å². The van der Waals surface area contributed by atoms with Gasteiger partial charge in [-0.05, 0) is 17.0 Å². The minimum atomic E-state index is -0.294. The van der Waals surface area contributed by atoms with Gasteiger partial charge in [0.2, 0.25) is 11.6 Å². The maximum atomic E-state index is 11.6. The van der Waals surface area contributed by atoms with Crippen LogP contribution in [-0.2, 0) is 16.0 Å². The van der Waals surface area contributed by atoms with Crippen LogP contribution in [0.25, 0.3) is 0 Å². The second-order valence-electron chi connectivity index (χ2n) is 5.02. The van der Waals surface area contributed by atoms with E-state index >= 15 is 0 Å². The smallest absolute Gasteiger partial charge is 0.203 e. The zero-order valence-electron chi connectivity index (χ0n) is 11.0. The molecule has 0 aliphatic rings. The summed E-state index contributed by atoms with van der Waals surface area (Å²) in [4.78, 5) is 23.1. The van der Waals surface area contributed by atoms with Crippen LogP contribution < -0.4 is 0 Å². The third-order valence-corrected chi connectivity index (χ3v) is 2.81. The van der Waals surface area contributed by atoms with E-state index in [0.29, 0.717) is 5.92 Å². The molecule has 0 amide bonds. The second kappa shape index (κ2) is 5.76. The molecule has 0 heterocycles. The molecule has 92 valence electrons. The molecule has 0 spiro atoms. The van der Waals surface area contributed by atoms with Gasteiger partial charge in [0.15, 0.2) is 0 Å². The average Bonchev–Trinajstić information content (AvgIpc) is 2.28. The van der Waals surface area contributed by atoms with Crippen molar-refractivity contribution >= 4 is 11.6 Å². The van der Waals surface area contributed by atoms with Crippen LogP contribution >= 0.6 is 0 Å². The third-order valence-electron chi connectivity index (χ3n) is 2.81. The SMILES string of the molecule is CC(C)C(=O)C(=O)Cc1ccc(C(C)C)cc1. The van der Waals surface area contributed by atoms with Gasteiger partial charge in [0, 0.05) is 12.3 Å². The van der Waals surface area contributed by atoms with Gasteiger partial charge in [-0.15, -0.1) is 0 Å². The lowest BCUT2D eigenvalue weighted by Gasteiger charge is -2.07. The Hall–Kier alpha value is -1.44. The van der Waals surface area contributed by atoms with Crippen molar-refractivity contribution in [3.05, 3.63) is 35.4 Å². The van der Waals surface area contributed by atoms with Gasteiger partial charge in [0.05, 0.1) is 0 Å². The summed E-state index contributed by atoms with van der Waals surface area (Å²) in [7, 11) is 0. The molecule has 0 N–H and O–H groups in total. The lowest BCUT2D eigenvalue weighted by Crippen LogP contribution is -2.21. The zero-order chi connectivity index (χ0) is 13.0. The van der Waals surface area contributed by atoms with Crippen molar-refractivity contribution in [1.82, 2.24) is 0 Å². The van der Waals surface area contributed by atoms with Crippen LogP contribution in [0, 0.1) is 5.92 Å². The van der Waals surface area contributed by atoms with E-state index in [4.69, 9.17) is 0 Å². The Labute approximate surface area is 103 Å². The van der Waals surface area contributed by atoms with Gasteiger partial charge in [0.1, 0.15) is 0 Å². The molecular formula is C15H20O2. The molecule has 0 aromatic heterocycles. The van der Waals surface area contributed by atoms with E-state index < -0.39 is 0 Å². The highest BCUT2D eigenvalue weighted by molar-refractivity contribution is 6.38. The van der Waals surface area contributed by atoms with Crippen LogP contribution in [-0.4, -0.2) is 11.6 Å². The number of hydrogen-bond donors (Lipinski definition) is 0. The molecule has 1 rings (SSSR count). The Kier molecular flexibility index (Phi) is 4.62. The monoisotopic (exact) mass is 232 g/mol. The summed E-state index contributed by atoms with van der Waals surface area (Å²) < 4.78 is 0. The molecule has 0 aliphatic carbocycles. The van der Waals surface area contributed by atoms with E-state index in [2.05, 4.69) is 13.8 Å². The maximum absolute atomic E-state index is 11.6. The highest BCUT2D eigenvalue weighted by Gasteiger charge is 2.17. The summed E-state index contributed by atoms with van der Waals surface area (Å²) in [5.74, 6) is -0.301. The highest BCUT2D eigenvalue weighted by Crippen LogP contribution is 2.15. The van der Waals surface area contributed by atoms with E-state index in [-0.39, 0.29) is 23.9 Å². The van der Waals surface area contributed by atoms with Crippen LogP contribution in [0.3, 0.4) is 0 Å². The molecular weight excluding hydrogens is 212 g/mol. The number of carbonyl (C=O) groups excluding carboxylic acids is 2. The Morgan fingerprint density at radius 2 is 1.53 bits per heavy atom. The second-order valence-corrected chi connectivity index (χ2v) is 5.02. The van der Waals surface area contributed by atoms with Crippen LogP contribution in [0.2, 0.25) is 0 Å². The summed E-state index contributed by atoms with van der Waals surface area (Å²) in [6, 6.07) is 7.90. The summed E-state index contributed by atoms with van der Waals surface area (Å²) >= 11 is 0. The lowest BCUT2D eigenvalue weighted by molar-refractivity contribution is -0.138. The van der Waals surface area contributed by atoms with Crippen molar-refractivity contribution in [2.75, 3.05) is 0 Å². The van der Waals surface area contributed by atoms with Crippen molar-refractivity contribution in [2.45, 2.75) is 40.0 Å². The molecule has 2 heteroatoms. The topological polar surface area (TPSA) is 34.1 Å². The first-order chi connectivity index (χ1) is 7.91. The molecule has 1 aromatic rings. The minimum absolute atomic E-state index is 0.211. The van der Waals surface area contributed by atoms with Gasteiger partial charge >= 0.3 is 0 Å². The van der Waals surface area contributed by atoms with Gasteiger partial charge in [0.25, 0.3) is 0 Å². The predicted octanol–water partition coefficient (Wildman–Crippen LogP) is 3.15. The summed E-state index contributed by atoms with van der Waals surface area (Å²) in [6.07, 6.45) is 0.218. The Bertz CT molecular complexity index is 399. The van der Waals surface area contributed by atoms with E-state index in [0.717, 1.165) is 5.56 Å². The lowest BCUT2D eigenvalue weighted by atomic mass is 9.97. The van der Waals surface area contributed by atoms with Gasteiger partial charge in [-0.1, -0.05) is 52.0 Å². The van der Waals surface area contributed by atoms with Crippen molar-refractivity contribution in [3.63, 3.8) is 0 Å². The van der Waals surface area contributed by atoms with Gasteiger partial charge < -0.3 is 0 Å². The largest absolute Gasteiger partial charge is 0.291 e. The van der Waals surface area contributed by atoms with E-state index in [1.165, 1.54) is 5.56 Å². The van der Waals surface area contributed by atoms with Gasteiger partial charge in [-0.3, -0.25) is 9.59 Å². The normalized spacial score (nSPS) is 10.9. The molecule has 17 heavy (non-hydrogen) atoms. The first kappa shape index (κ1) is 13.6. The molecule has 0 saturated carbocycles. The molecule has 2 nitrogen and oxygen atoms in total. The van der Waals surface area contributed by atoms with Gasteiger partial charge in [-0.25, -0.2) is 0 Å². The third kappa shape index (κ3) is 3.81. The molecule has 0 fully saturated rings. The number of ketones is 2. The molecule has 0 bridgehead atoms. The van der Waals surface area contributed by atoms with Crippen LogP contribution in [0.1, 0.15) is 44.7 Å². The number of Topliss-reactive ketones (excluding diaryl/α,β-unsaturated/α-hetero) is 2. The Morgan fingerprint density at radius 3 is 1.94 bits per heavy atom. The molecule has 1 aromatic carbocycles. The Morgan fingerprint density at radius 1 is 1.00 bits per heavy atom. The van der Waals surface area contributed by atoms with Crippen LogP contribution in [0.15, 0.2) is 24.3 Å². The quantitative estimate of drug-likeness (QED) is 0.731. The fourth-order valence-corrected chi connectivity index (χ4v) is 1.61. The van der Waals surface area contributed by atoms with Crippen molar-refractivity contribution in [2.24, 2.45) is 5.92 Å². The summed E-state index contributed by atoms with van der Waals surface area (Å²) in [5, 5.41) is 0. The molecule has 0 aliphatic heterocycles. The van der Waals surface area contributed by atoms with Crippen LogP contribution in [0.4, 0.5) is 0 Å². The fourth-order valence-electron chi connectivity index (χ4n) is 1.61. The number of hydrogen-bond acceptors (Lipinski definition) is 2. The number of rotatable bonds is 5. The van der Waals surface area contributed by atoms with Gasteiger partial charge in [-0.2, -0.15) is 0 Å². The standard InChI is InChI=1S/C15H20O2/c1-10(2)13-7-5-12(6-8-13)9-14(16)15(17)11(3)4/h5-8,10-11H,9H2,1-4H3. The minimum Gasteiger partial charge on any atom is -0.291 e. The van der Waals surface area contributed by atoms with E-state index in [1.807, 2.05) is 24.3 Å². The van der Waals surface area contributed by atoms with Crippen molar-refractivity contribution < 1.29 is 9.59 Å². The first-order valence-electron chi connectivity index (χ1n) is 6.07. The highest BCUT2D eigenvalue weighted by atomic mass is 16.2. The number of benzene rings is 1. The van der Waals surface area contributed by atoms with Crippen molar-refractivity contribution in [1.29, 1.82) is 0 Å². The average molecular weight is 232 g/mol. The molecule has 0 saturated heterocycles. The zero-order valence-corrected chi connectivity index (χ0v) is 11.0. The molecule has 0 radical (unpaired) electrons. The molecule has 0 unspecified atom stereocenters. The van der Waals surface area contributed by atoms with E-state index in [9.17, 15) is 9.59 Å².